The van der Waals surface area contributed by atoms with Crippen LogP contribution in [0.4, 0.5) is 0 Å². The largest absolute Gasteiger partial charge is 0.197 e. The Balaban J connectivity index is 0. The van der Waals surface area contributed by atoms with E-state index in [-0.39, 0.29) is 173 Å². The van der Waals surface area contributed by atoms with Crippen LogP contribution < -0.4 is 0 Å². The van der Waals surface area contributed by atoms with E-state index in [4.69, 9.17) is 0 Å². The number of hydrogen-bond acceptors (Lipinski definition) is 0. The summed E-state index contributed by atoms with van der Waals surface area (Å²) < 4.78 is 0. The Hall–Kier alpha value is 5.16. The second kappa shape index (κ2) is 22.9. The average molecular weight is 475 g/mol. The van der Waals surface area contributed by atoms with Crippen molar-refractivity contribution in [3.63, 3.8) is 0 Å². The molecule has 0 spiro atoms. The van der Waals surface area contributed by atoms with Crippen molar-refractivity contribution in [1.29, 1.82) is 0 Å². The summed E-state index contributed by atoms with van der Waals surface area (Å²) in [6, 6.07) is 0. The normalized spacial score (nSPS) is 0. The van der Waals surface area contributed by atoms with Crippen LogP contribution >= 0.6 is 25.9 Å². The van der Waals surface area contributed by atoms with Gasteiger partial charge in [0.25, 0.3) is 0 Å². The van der Waals surface area contributed by atoms with Gasteiger partial charge in [-0.15, -0.1) is 12.4 Å². The Morgan fingerprint density at radius 3 is 1.00 bits per heavy atom. The molecule has 0 N–H and O–H groups in total. The van der Waals surface area contributed by atoms with E-state index in [0.29, 0.717) is 0 Å². The Labute approximate surface area is 167 Å². The van der Waals surface area contributed by atoms with Gasteiger partial charge >= 0.3 is 0 Å². The third kappa shape index (κ3) is 17.6. The summed E-state index contributed by atoms with van der Waals surface area (Å²) in [6.45, 7) is 0. The topological polar surface area (TPSA) is 0 Å². The molecule has 0 atom stereocenters. The summed E-state index contributed by atoms with van der Waals surface area (Å²) in [5.74, 6) is 0. The molecule has 3 radical (unpaired) electrons. The molecule has 0 saturated heterocycles. The van der Waals surface area contributed by atoms with Crippen LogP contribution in [0, 0.1) is 0 Å². The van der Waals surface area contributed by atoms with Crippen LogP contribution in [-0.2, 0) is 20.4 Å². The molecule has 0 aromatic rings. The Kier molecular flexibility index (Phi) is 147. The van der Waals surface area contributed by atoms with Crippen molar-refractivity contribution in [3.05, 3.63) is 0 Å². The molecule has 0 aromatic carbocycles. The van der Waals surface area contributed by atoms with Gasteiger partial charge in [0.15, 0.2) is 0 Å². The molecule has 0 aliphatic carbocycles. The zero-order valence-electron chi connectivity index (χ0n) is 3.29. The molecule has 0 amide bonds. The van der Waals surface area contributed by atoms with Crippen LogP contribution in [0.2, 0.25) is 0 Å². The van der Waals surface area contributed by atoms with Gasteiger partial charge < -0.3 is 0 Å². The fourth-order valence-electron chi connectivity index (χ4n) is 0. The quantitative estimate of drug-likeness (QED) is 0.455. The molecule has 5 heteroatoms. The zero-order valence-corrected chi connectivity index (χ0v) is 19.0. The number of halogens is 1. The van der Waals surface area contributed by atoms with Crippen molar-refractivity contribution in [2.24, 2.45) is 0 Å². The minimum absolute atomic E-state index is 0. The minimum Gasteiger partial charge on any atom is -0.197 e. The van der Waals surface area contributed by atoms with E-state index in [1.807, 2.05) is 0 Å². The molecule has 0 nitrogen and oxygen atoms in total. The van der Waals surface area contributed by atoms with Crippen molar-refractivity contribution in [2.45, 2.75) is 0 Å². The summed E-state index contributed by atoms with van der Waals surface area (Å²) in [4.78, 5) is 0. The second-order valence-electron chi connectivity index (χ2n) is 0. The Morgan fingerprint density at radius 1 is 1.00 bits per heavy atom. The van der Waals surface area contributed by atoms with Crippen molar-refractivity contribution >= 4 is 153 Å². The van der Waals surface area contributed by atoms with Crippen LogP contribution in [0.1, 0.15) is 0 Å². The third-order valence-electron chi connectivity index (χ3n) is 0. The van der Waals surface area contributed by atoms with E-state index < -0.39 is 0 Å². The smallest absolute Gasteiger partial charge is 0 e. The molecule has 0 saturated carbocycles. The summed E-state index contributed by atoms with van der Waals surface area (Å²) in [5.41, 5.74) is 0. The van der Waals surface area contributed by atoms with Crippen molar-refractivity contribution in [3.8, 4) is 0 Å². The fourth-order valence-corrected chi connectivity index (χ4v) is 0. The SMILES string of the molecule is Cl.S.[Cs].[Rb].[Re]. The average Bonchev–Trinajstić information content (AvgIpc) is 0. The molecule has 5 heavy (non-hydrogen) atoms. The van der Waals surface area contributed by atoms with Crippen LogP contribution in [0.25, 0.3) is 0 Å². The van der Waals surface area contributed by atoms with Crippen LogP contribution in [0.15, 0.2) is 0 Å². The maximum Gasteiger partial charge on any atom is 0 e. The molecular weight excluding hydrogens is 472 g/mol. The predicted molar refractivity (Wildman–Crippen MR) is 29.1 cm³/mol. The first-order chi connectivity index (χ1) is 0. The van der Waals surface area contributed by atoms with Gasteiger partial charge in [-0.25, -0.2) is 0 Å². The molecule has 0 aliphatic heterocycles. The van der Waals surface area contributed by atoms with Gasteiger partial charge in [-0.2, -0.15) is 13.5 Å². The monoisotopic (exact) mass is 475 g/mol. The maximum atomic E-state index is 0. The van der Waals surface area contributed by atoms with Crippen LogP contribution in [0.5, 0.6) is 0 Å². The van der Waals surface area contributed by atoms with Crippen LogP contribution in [0.3, 0.4) is 0 Å². The Morgan fingerprint density at radius 2 is 1.00 bits per heavy atom. The van der Waals surface area contributed by atoms with E-state index in [2.05, 4.69) is 0 Å². The maximum absolute atomic E-state index is 0. The summed E-state index contributed by atoms with van der Waals surface area (Å²) >= 11 is 0. The van der Waals surface area contributed by atoms with Crippen molar-refractivity contribution in [1.82, 2.24) is 0 Å². The molecule has 25 valence electrons. The first-order valence-corrected chi connectivity index (χ1v) is 0. The molecule has 0 bridgehead atoms. The molecule has 0 unspecified atom stereocenters. The first kappa shape index (κ1) is 32.0. The van der Waals surface area contributed by atoms with Gasteiger partial charge in [0, 0.05) is 148 Å². The van der Waals surface area contributed by atoms with E-state index in [1.54, 1.807) is 0 Å². The van der Waals surface area contributed by atoms with Gasteiger partial charge in [0.2, 0.25) is 0 Å². The third-order valence-corrected chi connectivity index (χ3v) is 0. The van der Waals surface area contributed by atoms with Crippen molar-refractivity contribution < 1.29 is 20.4 Å². The van der Waals surface area contributed by atoms with Crippen molar-refractivity contribution in [2.75, 3.05) is 0 Å². The Bertz CT molecular complexity index is 11.6. The van der Waals surface area contributed by atoms with Gasteiger partial charge in [0.1, 0.15) is 0 Å². The summed E-state index contributed by atoms with van der Waals surface area (Å²) in [5, 5.41) is 0. The predicted octanol–water partition coefficient (Wildman–Crippen LogP) is -0.230. The minimum atomic E-state index is 0. The number of hydrogen-bond donors (Lipinski definition) is 0. The van der Waals surface area contributed by atoms with Crippen LogP contribution in [-0.4, -0.2) is 127 Å². The summed E-state index contributed by atoms with van der Waals surface area (Å²) in [6.07, 6.45) is 0. The molecule has 0 rings (SSSR count). The van der Waals surface area contributed by atoms with Gasteiger partial charge in [-0.05, 0) is 0 Å². The van der Waals surface area contributed by atoms with E-state index in [0.717, 1.165) is 0 Å². The van der Waals surface area contributed by atoms with Gasteiger partial charge in [-0.3, -0.25) is 0 Å². The van der Waals surface area contributed by atoms with E-state index >= 15 is 0 Å². The van der Waals surface area contributed by atoms with E-state index in [1.165, 1.54) is 0 Å². The number of rotatable bonds is 0. The fraction of sp³-hybridized carbons (Fsp3) is 0. The second-order valence-corrected chi connectivity index (χ2v) is 0. The molecule has 0 fully saturated rings. The first-order valence-electron chi connectivity index (χ1n) is 0. The standard InChI is InChI=1S/ClH.Cs.Rb.Re.H2S/h1H;;;;1H2. The van der Waals surface area contributed by atoms with Gasteiger partial charge in [-0.1, -0.05) is 0 Å². The van der Waals surface area contributed by atoms with Gasteiger partial charge in [0.05, 0.1) is 0 Å². The molecule has 0 aliphatic rings. The summed E-state index contributed by atoms with van der Waals surface area (Å²) in [7, 11) is 0. The van der Waals surface area contributed by atoms with E-state index in [9.17, 15) is 0 Å². The molecule has 0 heterocycles. The zero-order chi connectivity index (χ0) is 0. The molecular formula is H3ClCsRbReS. The molecule has 0 aromatic heterocycles.